The van der Waals surface area contributed by atoms with Crippen LogP contribution in [0.1, 0.15) is 50.1 Å². The van der Waals surface area contributed by atoms with Crippen LogP contribution in [0, 0.1) is 0 Å². The number of nitrogens with zero attached hydrogens (tertiary/aromatic N) is 2. The van der Waals surface area contributed by atoms with Gasteiger partial charge in [0.15, 0.2) is 0 Å². The van der Waals surface area contributed by atoms with Crippen LogP contribution >= 0.6 is 11.8 Å². The minimum absolute atomic E-state index is 0.701. The van der Waals surface area contributed by atoms with Crippen LogP contribution in [0.2, 0.25) is 0 Å². The predicted octanol–water partition coefficient (Wildman–Crippen LogP) is 2.92. The van der Waals surface area contributed by atoms with Gasteiger partial charge in [0.2, 0.25) is 0 Å². The normalized spacial score (nSPS) is 23.2. The van der Waals surface area contributed by atoms with Crippen LogP contribution in [-0.2, 0) is 26.4 Å². The van der Waals surface area contributed by atoms with Gasteiger partial charge in [-0.15, -0.1) is 0 Å². The summed E-state index contributed by atoms with van der Waals surface area (Å²) in [5, 5.41) is 9.27. The monoisotopic (exact) mass is 281 g/mol. The van der Waals surface area contributed by atoms with E-state index in [0.717, 1.165) is 24.6 Å². The first-order chi connectivity index (χ1) is 9.19. The molecule has 108 valence electrons. The van der Waals surface area contributed by atoms with E-state index in [1.165, 1.54) is 36.2 Å². The lowest BCUT2D eigenvalue weighted by Crippen LogP contribution is -2.27. The molecular formula is C15H27N3S. The standard InChI is InChI=1S/C15H27N3S/c1-5-14-13(15(6-2)18(3)17-14)10-16-11-7-8-12(9-11)19-4/h11-12,16H,5-10H2,1-4H3/t11-,12-/m0/s1. The molecule has 19 heavy (non-hydrogen) atoms. The third-order valence-electron chi connectivity index (χ3n) is 4.31. The quantitative estimate of drug-likeness (QED) is 0.869. The number of hydrogen-bond donors (Lipinski definition) is 1. The Kier molecular flexibility index (Phi) is 5.34. The Morgan fingerprint density at radius 1 is 1.32 bits per heavy atom. The molecule has 1 aromatic heterocycles. The smallest absolute Gasteiger partial charge is 0.0669 e. The van der Waals surface area contributed by atoms with Crippen molar-refractivity contribution >= 4 is 11.8 Å². The highest BCUT2D eigenvalue weighted by Gasteiger charge is 2.24. The average molecular weight is 281 g/mol. The highest BCUT2D eigenvalue weighted by molar-refractivity contribution is 7.99. The van der Waals surface area contributed by atoms with Crippen molar-refractivity contribution in [1.82, 2.24) is 15.1 Å². The Morgan fingerprint density at radius 2 is 2.11 bits per heavy atom. The maximum Gasteiger partial charge on any atom is 0.0669 e. The van der Waals surface area contributed by atoms with E-state index < -0.39 is 0 Å². The number of rotatable bonds is 6. The number of aryl methyl sites for hydroxylation is 2. The SMILES string of the molecule is CCc1nn(C)c(CC)c1CN[C@H]1CC[C@H](SC)C1. The Labute approximate surface area is 121 Å². The Morgan fingerprint density at radius 3 is 2.68 bits per heavy atom. The summed E-state index contributed by atoms with van der Waals surface area (Å²) in [5.41, 5.74) is 4.11. The van der Waals surface area contributed by atoms with E-state index in [9.17, 15) is 0 Å². The molecule has 2 atom stereocenters. The summed E-state index contributed by atoms with van der Waals surface area (Å²) in [6, 6.07) is 0.701. The van der Waals surface area contributed by atoms with Gasteiger partial charge in [0.1, 0.15) is 0 Å². The molecule has 0 saturated heterocycles. The van der Waals surface area contributed by atoms with Gasteiger partial charge < -0.3 is 5.32 Å². The zero-order valence-corrected chi connectivity index (χ0v) is 13.5. The topological polar surface area (TPSA) is 29.9 Å². The summed E-state index contributed by atoms with van der Waals surface area (Å²) in [7, 11) is 2.07. The van der Waals surface area contributed by atoms with Gasteiger partial charge in [0.25, 0.3) is 0 Å². The molecule has 0 bridgehead atoms. The number of aromatic nitrogens is 2. The molecule has 0 amide bonds. The molecule has 2 rings (SSSR count). The number of nitrogens with one attached hydrogen (secondary N) is 1. The largest absolute Gasteiger partial charge is 0.310 e. The van der Waals surface area contributed by atoms with E-state index in [0.29, 0.717) is 6.04 Å². The van der Waals surface area contributed by atoms with E-state index in [1.807, 2.05) is 11.8 Å². The lowest BCUT2D eigenvalue weighted by atomic mass is 10.1. The zero-order chi connectivity index (χ0) is 13.8. The second-order valence-electron chi connectivity index (χ2n) is 5.45. The molecule has 0 radical (unpaired) electrons. The molecule has 4 heteroatoms. The first-order valence-electron chi connectivity index (χ1n) is 7.49. The molecule has 3 nitrogen and oxygen atoms in total. The number of hydrogen-bond acceptors (Lipinski definition) is 3. The van der Waals surface area contributed by atoms with Gasteiger partial charge in [0.05, 0.1) is 5.69 Å². The van der Waals surface area contributed by atoms with Crippen molar-refractivity contribution in [2.75, 3.05) is 6.26 Å². The second kappa shape index (κ2) is 6.80. The molecule has 1 fully saturated rings. The molecule has 1 N–H and O–H groups in total. The molecule has 1 saturated carbocycles. The maximum atomic E-state index is 4.65. The summed E-state index contributed by atoms with van der Waals surface area (Å²) < 4.78 is 2.06. The van der Waals surface area contributed by atoms with Gasteiger partial charge in [-0.25, -0.2) is 0 Å². The Balaban J connectivity index is 1.99. The molecule has 0 aromatic carbocycles. The van der Waals surface area contributed by atoms with Crippen LogP contribution < -0.4 is 5.32 Å². The molecule has 1 aromatic rings. The second-order valence-corrected chi connectivity index (χ2v) is 6.59. The summed E-state index contributed by atoms with van der Waals surface area (Å²) in [6.45, 7) is 5.41. The fraction of sp³-hybridized carbons (Fsp3) is 0.800. The Hall–Kier alpha value is -0.480. The molecular weight excluding hydrogens is 254 g/mol. The van der Waals surface area contributed by atoms with Gasteiger partial charge in [-0.3, -0.25) is 4.68 Å². The van der Waals surface area contributed by atoms with Crippen molar-refractivity contribution in [3.63, 3.8) is 0 Å². The summed E-state index contributed by atoms with van der Waals surface area (Å²) in [5.74, 6) is 0. The van der Waals surface area contributed by atoms with Crippen LogP contribution in [0.3, 0.4) is 0 Å². The Bertz CT molecular complexity index is 414. The first-order valence-corrected chi connectivity index (χ1v) is 8.78. The molecule has 0 spiro atoms. The van der Waals surface area contributed by atoms with E-state index in [2.05, 4.69) is 42.2 Å². The molecule has 0 aliphatic heterocycles. The third-order valence-corrected chi connectivity index (χ3v) is 5.41. The number of thioether (sulfide) groups is 1. The fourth-order valence-corrected chi connectivity index (χ4v) is 3.98. The van der Waals surface area contributed by atoms with Gasteiger partial charge in [-0.1, -0.05) is 13.8 Å². The molecule has 1 aliphatic rings. The molecule has 0 unspecified atom stereocenters. The van der Waals surface area contributed by atoms with Crippen LogP contribution in [0.4, 0.5) is 0 Å². The van der Waals surface area contributed by atoms with Gasteiger partial charge >= 0.3 is 0 Å². The van der Waals surface area contributed by atoms with E-state index in [4.69, 9.17) is 0 Å². The highest BCUT2D eigenvalue weighted by Crippen LogP contribution is 2.28. The lowest BCUT2D eigenvalue weighted by molar-refractivity contribution is 0.522. The van der Waals surface area contributed by atoms with Crippen LogP contribution in [0.5, 0.6) is 0 Å². The van der Waals surface area contributed by atoms with Crippen molar-refractivity contribution < 1.29 is 0 Å². The highest BCUT2D eigenvalue weighted by atomic mass is 32.2. The summed E-state index contributed by atoms with van der Waals surface area (Å²) in [4.78, 5) is 0. The fourth-order valence-electron chi connectivity index (χ4n) is 3.18. The van der Waals surface area contributed by atoms with E-state index >= 15 is 0 Å². The summed E-state index contributed by atoms with van der Waals surface area (Å²) in [6.07, 6.45) is 8.35. The minimum Gasteiger partial charge on any atom is -0.310 e. The van der Waals surface area contributed by atoms with Crippen molar-refractivity contribution in [2.24, 2.45) is 7.05 Å². The van der Waals surface area contributed by atoms with Crippen molar-refractivity contribution in [3.05, 3.63) is 17.0 Å². The average Bonchev–Trinajstić information content (AvgIpc) is 2.99. The van der Waals surface area contributed by atoms with E-state index in [-0.39, 0.29) is 0 Å². The van der Waals surface area contributed by atoms with Crippen LogP contribution in [0.15, 0.2) is 0 Å². The summed E-state index contributed by atoms with van der Waals surface area (Å²) >= 11 is 2.02. The van der Waals surface area contributed by atoms with Gasteiger partial charge in [-0.05, 0) is 38.4 Å². The van der Waals surface area contributed by atoms with Crippen LogP contribution in [0.25, 0.3) is 0 Å². The minimum atomic E-state index is 0.701. The van der Waals surface area contributed by atoms with E-state index in [1.54, 1.807) is 0 Å². The van der Waals surface area contributed by atoms with Crippen molar-refractivity contribution in [2.45, 2.75) is 63.8 Å². The van der Waals surface area contributed by atoms with Crippen molar-refractivity contribution in [3.8, 4) is 0 Å². The third kappa shape index (κ3) is 3.34. The van der Waals surface area contributed by atoms with Crippen molar-refractivity contribution in [1.29, 1.82) is 0 Å². The molecule has 1 heterocycles. The molecule has 1 aliphatic carbocycles. The first kappa shape index (κ1) is 14.9. The zero-order valence-electron chi connectivity index (χ0n) is 12.7. The van der Waals surface area contributed by atoms with Crippen LogP contribution in [-0.4, -0.2) is 27.3 Å². The predicted molar refractivity (Wildman–Crippen MR) is 83.7 cm³/mol. The lowest BCUT2D eigenvalue weighted by Gasteiger charge is -2.13. The maximum absolute atomic E-state index is 4.65. The van der Waals surface area contributed by atoms with Gasteiger partial charge in [0, 0.05) is 36.1 Å². The van der Waals surface area contributed by atoms with Gasteiger partial charge in [-0.2, -0.15) is 16.9 Å².